The minimum atomic E-state index is -0.403. The van der Waals surface area contributed by atoms with E-state index in [1.165, 1.54) is 12.1 Å². The van der Waals surface area contributed by atoms with Crippen LogP contribution in [0.15, 0.2) is 48.7 Å². The van der Waals surface area contributed by atoms with Gasteiger partial charge in [-0.2, -0.15) is 4.98 Å². The van der Waals surface area contributed by atoms with E-state index >= 15 is 0 Å². The zero-order valence-corrected chi connectivity index (χ0v) is 14.4. The minimum Gasteiger partial charge on any atom is -0.384 e. The fourth-order valence-electron chi connectivity index (χ4n) is 1.95. The number of nitro benzene ring substituents is 1. The number of aryl methyl sites for hydroxylation is 2. The highest BCUT2D eigenvalue weighted by atomic mass is 16.6. The number of aromatic nitrogens is 3. The molecule has 3 rings (SSSR count). The van der Waals surface area contributed by atoms with E-state index < -0.39 is 4.92 Å². The van der Waals surface area contributed by atoms with Gasteiger partial charge in [-0.05, 0) is 26.0 Å². The number of nitrogens with two attached hydrogens (primary N) is 2. The molecule has 3 aromatic rings. The van der Waals surface area contributed by atoms with Gasteiger partial charge in [0.05, 0.1) is 16.8 Å². The summed E-state index contributed by atoms with van der Waals surface area (Å²) in [5, 5.41) is 13.2. The van der Waals surface area contributed by atoms with Gasteiger partial charge in [0.2, 0.25) is 5.95 Å². The van der Waals surface area contributed by atoms with E-state index in [1.807, 2.05) is 19.9 Å². The summed E-state index contributed by atoms with van der Waals surface area (Å²) in [5.74, 6) is 1.35. The van der Waals surface area contributed by atoms with Crippen molar-refractivity contribution in [1.82, 2.24) is 15.0 Å². The highest BCUT2D eigenvalue weighted by Gasteiger charge is 2.01. The fourth-order valence-corrected chi connectivity index (χ4v) is 1.95. The maximum absolute atomic E-state index is 10.1. The Labute approximate surface area is 150 Å². The number of benzene rings is 1. The Hall–Kier alpha value is -3.75. The predicted octanol–water partition coefficient (Wildman–Crippen LogP) is 2.99. The van der Waals surface area contributed by atoms with Gasteiger partial charge in [-0.25, -0.2) is 9.97 Å². The monoisotopic (exact) mass is 353 g/mol. The number of nitro groups is 1. The summed E-state index contributed by atoms with van der Waals surface area (Å²) in [4.78, 5) is 21.7. The van der Waals surface area contributed by atoms with Gasteiger partial charge in [0, 0.05) is 23.9 Å². The zero-order chi connectivity index (χ0) is 19.1. The van der Waals surface area contributed by atoms with Gasteiger partial charge < -0.3 is 16.8 Å². The van der Waals surface area contributed by atoms with E-state index in [9.17, 15) is 10.1 Å². The van der Waals surface area contributed by atoms with Crippen LogP contribution in [-0.4, -0.2) is 19.9 Å². The number of non-ortho nitro benzene ring substituents is 1. The van der Waals surface area contributed by atoms with Crippen molar-refractivity contribution in [3.8, 4) is 0 Å². The van der Waals surface area contributed by atoms with Crippen LogP contribution in [-0.2, 0) is 0 Å². The van der Waals surface area contributed by atoms with E-state index in [1.54, 1.807) is 30.5 Å². The van der Waals surface area contributed by atoms with E-state index in [2.05, 4.69) is 20.3 Å². The Morgan fingerprint density at radius 1 is 1.04 bits per heavy atom. The predicted molar refractivity (Wildman–Crippen MR) is 101 cm³/mol. The molecule has 0 aliphatic carbocycles. The molecule has 0 amide bonds. The van der Waals surface area contributed by atoms with Crippen LogP contribution in [0, 0.1) is 24.0 Å². The van der Waals surface area contributed by atoms with Crippen molar-refractivity contribution in [2.45, 2.75) is 13.8 Å². The Morgan fingerprint density at radius 2 is 1.73 bits per heavy atom. The first-order chi connectivity index (χ1) is 12.3. The molecule has 9 nitrogen and oxygen atoms in total. The van der Waals surface area contributed by atoms with Crippen molar-refractivity contribution in [3.05, 3.63) is 70.0 Å². The highest BCUT2D eigenvalue weighted by Crippen LogP contribution is 2.15. The standard InChI is InChI=1S/C10H12N6.C7H7NO2/c1-6-4-9(16-10(12)14-6)15-7-2-3-8(11)13-5-7;1-6-2-4-7(5-3-6)8(9)10/h2-5H,1H3,(H2,11,13)(H3,12,14,15,16);2-5H,1H3. The van der Waals surface area contributed by atoms with Crippen LogP contribution in [0.1, 0.15) is 11.3 Å². The van der Waals surface area contributed by atoms with Gasteiger partial charge >= 0.3 is 0 Å². The lowest BCUT2D eigenvalue weighted by atomic mass is 10.2. The first kappa shape index (κ1) is 18.6. The molecule has 0 aliphatic heterocycles. The number of anilines is 4. The third-order valence-electron chi connectivity index (χ3n) is 3.18. The fraction of sp³-hybridized carbons (Fsp3) is 0.118. The number of hydrogen-bond acceptors (Lipinski definition) is 8. The van der Waals surface area contributed by atoms with Crippen LogP contribution in [0.25, 0.3) is 0 Å². The first-order valence-electron chi connectivity index (χ1n) is 7.64. The molecule has 0 atom stereocenters. The molecule has 0 radical (unpaired) electrons. The SMILES string of the molecule is Cc1cc(Nc2ccc(N)nc2)nc(N)n1.Cc1ccc([N+](=O)[O-])cc1. The Balaban J connectivity index is 0.000000209. The van der Waals surface area contributed by atoms with Crippen molar-refractivity contribution in [2.24, 2.45) is 0 Å². The summed E-state index contributed by atoms with van der Waals surface area (Å²) in [5.41, 5.74) is 13.8. The molecule has 0 saturated heterocycles. The molecule has 0 fully saturated rings. The average Bonchev–Trinajstić information content (AvgIpc) is 2.57. The van der Waals surface area contributed by atoms with Crippen molar-refractivity contribution in [2.75, 3.05) is 16.8 Å². The second kappa shape index (κ2) is 8.38. The van der Waals surface area contributed by atoms with Gasteiger partial charge in [0.25, 0.3) is 5.69 Å². The lowest BCUT2D eigenvalue weighted by Crippen LogP contribution is -2.01. The normalized spacial score (nSPS) is 9.77. The number of pyridine rings is 1. The molecule has 0 bridgehead atoms. The zero-order valence-electron chi connectivity index (χ0n) is 14.4. The van der Waals surface area contributed by atoms with E-state index in [-0.39, 0.29) is 11.6 Å². The Bertz CT molecular complexity index is 860. The number of rotatable bonds is 3. The van der Waals surface area contributed by atoms with Crippen LogP contribution in [0.2, 0.25) is 0 Å². The molecular formula is C17H19N7O2. The molecule has 9 heteroatoms. The maximum Gasteiger partial charge on any atom is 0.269 e. The molecule has 0 saturated carbocycles. The van der Waals surface area contributed by atoms with Crippen molar-refractivity contribution in [1.29, 1.82) is 0 Å². The molecule has 0 spiro atoms. The number of nitrogens with zero attached hydrogens (tertiary/aromatic N) is 4. The average molecular weight is 353 g/mol. The largest absolute Gasteiger partial charge is 0.384 e. The van der Waals surface area contributed by atoms with Gasteiger partial charge in [-0.1, -0.05) is 17.7 Å². The van der Waals surface area contributed by atoms with Gasteiger partial charge in [0.1, 0.15) is 11.6 Å². The number of nitrogen functional groups attached to an aromatic ring is 2. The molecular weight excluding hydrogens is 334 g/mol. The molecule has 1 aromatic carbocycles. The third-order valence-corrected chi connectivity index (χ3v) is 3.18. The summed E-state index contributed by atoms with van der Waals surface area (Å²) in [6.45, 7) is 3.74. The van der Waals surface area contributed by atoms with Crippen molar-refractivity contribution >= 4 is 29.0 Å². The second-order valence-electron chi connectivity index (χ2n) is 5.44. The van der Waals surface area contributed by atoms with Gasteiger partial charge in [-0.15, -0.1) is 0 Å². The van der Waals surface area contributed by atoms with E-state index in [4.69, 9.17) is 11.5 Å². The molecule has 0 aliphatic rings. The summed E-state index contributed by atoms with van der Waals surface area (Å²) in [7, 11) is 0. The summed E-state index contributed by atoms with van der Waals surface area (Å²) in [6, 6.07) is 11.8. The maximum atomic E-state index is 10.1. The van der Waals surface area contributed by atoms with Crippen molar-refractivity contribution in [3.63, 3.8) is 0 Å². The quantitative estimate of drug-likeness (QED) is 0.481. The van der Waals surface area contributed by atoms with Crippen LogP contribution >= 0.6 is 0 Å². The third kappa shape index (κ3) is 5.71. The molecule has 2 heterocycles. The molecule has 2 aromatic heterocycles. The van der Waals surface area contributed by atoms with Crippen LogP contribution in [0.3, 0.4) is 0 Å². The highest BCUT2D eigenvalue weighted by molar-refractivity contribution is 5.57. The minimum absolute atomic E-state index is 0.144. The molecule has 26 heavy (non-hydrogen) atoms. The number of nitrogens with one attached hydrogen (secondary N) is 1. The van der Waals surface area contributed by atoms with Crippen molar-refractivity contribution < 1.29 is 4.92 Å². The van der Waals surface area contributed by atoms with Crippen LogP contribution < -0.4 is 16.8 Å². The second-order valence-corrected chi connectivity index (χ2v) is 5.44. The first-order valence-corrected chi connectivity index (χ1v) is 7.64. The van der Waals surface area contributed by atoms with E-state index in [0.717, 1.165) is 16.9 Å². The Kier molecular flexibility index (Phi) is 5.99. The summed E-state index contributed by atoms with van der Waals surface area (Å²) >= 11 is 0. The topological polar surface area (TPSA) is 146 Å². The van der Waals surface area contributed by atoms with Crippen LogP contribution in [0.4, 0.5) is 29.0 Å². The Morgan fingerprint density at radius 3 is 2.27 bits per heavy atom. The van der Waals surface area contributed by atoms with Gasteiger partial charge in [0.15, 0.2) is 0 Å². The summed E-state index contributed by atoms with van der Waals surface area (Å²) < 4.78 is 0. The van der Waals surface area contributed by atoms with Gasteiger partial charge in [-0.3, -0.25) is 10.1 Å². The molecule has 134 valence electrons. The molecule has 5 N–H and O–H groups in total. The summed E-state index contributed by atoms with van der Waals surface area (Å²) in [6.07, 6.45) is 1.63. The lowest BCUT2D eigenvalue weighted by Gasteiger charge is -2.06. The number of hydrogen-bond donors (Lipinski definition) is 3. The van der Waals surface area contributed by atoms with Crippen LogP contribution in [0.5, 0.6) is 0 Å². The van der Waals surface area contributed by atoms with E-state index in [0.29, 0.717) is 11.6 Å². The smallest absolute Gasteiger partial charge is 0.269 e. The molecule has 0 unspecified atom stereocenters. The lowest BCUT2D eigenvalue weighted by molar-refractivity contribution is -0.384.